The number of rotatable bonds is 4. The van der Waals surface area contributed by atoms with Crippen molar-refractivity contribution in [2.45, 2.75) is 33.2 Å². The van der Waals surface area contributed by atoms with E-state index in [1.807, 2.05) is 17.0 Å². The molecule has 0 amide bonds. The molecule has 16 heavy (non-hydrogen) atoms. The Bertz CT molecular complexity index is 473. The first-order chi connectivity index (χ1) is 7.70. The Morgan fingerprint density at radius 1 is 1.50 bits per heavy atom. The lowest BCUT2D eigenvalue weighted by Crippen LogP contribution is -2.07. The average Bonchev–Trinajstić information content (AvgIpc) is 2.79. The molecule has 86 valence electrons. The molecule has 0 unspecified atom stereocenters. The number of hydrogen-bond acceptors (Lipinski definition) is 5. The van der Waals surface area contributed by atoms with Crippen LogP contribution in [-0.4, -0.2) is 20.0 Å². The van der Waals surface area contributed by atoms with Gasteiger partial charge in [0.25, 0.3) is 0 Å². The van der Waals surface area contributed by atoms with Gasteiger partial charge in [0.2, 0.25) is 0 Å². The van der Waals surface area contributed by atoms with E-state index in [0.29, 0.717) is 12.4 Å². The van der Waals surface area contributed by atoms with Gasteiger partial charge in [-0.15, -0.1) is 16.4 Å². The Hall–Kier alpha value is -1.43. The van der Waals surface area contributed by atoms with Gasteiger partial charge in [-0.1, -0.05) is 18.6 Å². The number of nitrogen functional groups attached to an aromatic ring is 1. The Morgan fingerprint density at radius 3 is 2.94 bits per heavy atom. The van der Waals surface area contributed by atoms with Crippen LogP contribution >= 0.6 is 11.3 Å². The third kappa shape index (κ3) is 2.21. The highest BCUT2D eigenvalue weighted by atomic mass is 32.1. The van der Waals surface area contributed by atoms with Crippen molar-refractivity contribution in [2.75, 3.05) is 5.73 Å². The van der Waals surface area contributed by atoms with E-state index in [9.17, 15) is 0 Å². The van der Waals surface area contributed by atoms with Gasteiger partial charge in [0.1, 0.15) is 0 Å². The van der Waals surface area contributed by atoms with Crippen LogP contribution in [0.5, 0.6) is 0 Å². The fraction of sp³-hybridized carbons (Fsp3) is 0.500. The highest BCUT2D eigenvalue weighted by Crippen LogP contribution is 2.14. The zero-order valence-electron chi connectivity index (χ0n) is 9.47. The van der Waals surface area contributed by atoms with Crippen molar-refractivity contribution in [3.8, 4) is 0 Å². The minimum absolute atomic E-state index is 0.536. The van der Waals surface area contributed by atoms with Gasteiger partial charge in [0, 0.05) is 5.38 Å². The average molecular weight is 237 g/mol. The number of aryl methyl sites for hydroxylation is 1. The highest BCUT2D eigenvalue weighted by Gasteiger charge is 2.10. The van der Waals surface area contributed by atoms with E-state index in [4.69, 9.17) is 5.73 Å². The van der Waals surface area contributed by atoms with Crippen LogP contribution in [0.1, 0.15) is 29.7 Å². The molecule has 5 nitrogen and oxygen atoms in total. The van der Waals surface area contributed by atoms with Crippen LogP contribution in [0.25, 0.3) is 0 Å². The summed E-state index contributed by atoms with van der Waals surface area (Å²) in [6.45, 7) is 4.77. The van der Waals surface area contributed by atoms with Crippen LogP contribution in [0.4, 0.5) is 5.82 Å². The van der Waals surface area contributed by atoms with E-state index in [0.717, 1.165) is 29.2 Å². The van der Waals surface area contributed by atoms with Gasteiger partial charge in [-0.2, -0.15) is 0 Å². The van der Waals surface area contributed by atoms with Gasteiger partial charge < -0.3 is 5.73 Å². The molecule has 0 saturated heterocycles. The third-order valence-electron chi connectivity index (χ3n) is 2.33. The molecule has 6 heteroatoms. The van der Waals surface area contributed by atoms with E-state index >= 15 is 0 Å². The van der Waals surface area contributed by atoms with Crippen molar-refractivity contribution in [2.24, 2.45) is 0 Å². The van der Waals surface area contributed by atoms with E-state index in [2.05, 4.69) is 22.2 Å². The molecule has 0 atom stereocenters. The smallest absolute Gasteiger partial charge is 0.169 e. The van der Waals surface area contributed by atoms with Crippen LogP contribution in [-0.2, 0) is 13.0 Å². The monoisotopic (exact) mass is 237 g/mol. The zero-order valence-corrected chi connectivity index (χ0v) is 10.3. The molecule has 2 rings (SSSR count). The highest BCUT2D eigenvalue weighted by molar-refractivity contribution is 7.09. The third-order valence-corrected chi connectivity index (χ3v) is 3.16. The van der Waals surface area contributed by atoms with E-state index in [1.54, 1.807) is 11.3 Å². The molecule has 2 heterocycles. The maximum atomic E-state index is 5.77. The van der Waals surface area contributed by atoms with Gasteiger partial charge in [-0.3, -0.25) is 0 Å². The van der Waals surface area contributed by atoms with E-state index in [1.165, 1.54) is 0 Å². The summed E-state index contributed by atoms with van der Waals surface area (Å²) in [5.74, 6) is 0.536. The topological polar surface area (TPSA) is 69.6 Å². The lowest BCUT2D eigenvalue weighted by atomic mass is 10.2. The molecular formula is C10H15N5S. The minimum atomic E-state index is 0.536. The van der Waals surface area contributed by atoms with Crippen LogP contribution in [0.3, 0.4) is 0 Å². The first-order valence-electron chi connectivity index (χ1n) is 5.29. The summed E-state index contributed by atoms with van der Waals surface area (Å²) in [5, 5.41) is 11.1. The molecule has 0 radical (unpaired) electrons. The summed E-state index contributed by atoms with van der Waals surface area (Å²) >= 11 is 1.65. The maximum Gasteiger partial charge on any atom is 0.169 e. The molecule has 0 saturated carbocycles. The first kappa shape index (κ1) is 11.1. The molecule has 0 bridgehead atoms. The molecule has 0 fully saturated rings. The van der Waals surface area contributed by atoms with Crippen LogP contribution < -0.4 is 5.73 Å². The van der Waals surface area contributed by atoms with Gasteiger partial charge in [0.15, 0.2) is 5.82 Å². The van der Waals surface area contributed by atoms with Gasteiger partial charge in [-0.25, -0.2) is 9.67 Å². The van der Waals surface area contributed by atoms with Crippen molar-refractivity contribution >= 4 is 17.2 Å². The molecule has 0 aliphatic heterocycles. The van der Waals surface area contributed by atoms with E-state index in [-0.39, 0.29) is 0 Å². The lowest BCUT2D eigenvalue weighted by molar-refractivity contribution is 0.606. The fourth-order valence-corrected chi connectivity index (χ4v) is 2.21. The summed E-state index contributed by atoms with van der Waals surface area (Å²) in [4.78, 5) is 4.41. The molecule has 2 N–H and O–H groups in total. The lowest BCUT2D eigenvalue weighted by Gasteiger charge is -2.03. The standard InChI is InChI=1S/C10H15N5S/c1-3-4-9-10(11)13-14-15(9)5-8-6-16-7(2)12-8/h6H,3-5,11H2,1-2H3. The Kier molecular flexibility index (Phi) is 3.19. The summed E-state index contributed by atoms with van der Waals surface area (Å²) < 4.78 is 1.84. The Labute approximate surface area is 98.3 Å². The number of aromatic nitrogens is 4. The van der Waals surface area contributed by atoms with Gasteiger partial charge in [-0.05, 0) is 13.3 Å². The molecule has 0 aliphatic carbocycles. The van der Waals surface area contributed by atoms with Crippen molar-refractivity contribution in [3.05, 3.63) is 21.8 Å². The van der Waals surface area contributed by atoms with Gasteiger partial charge in [0.05, 0.1) is 22.9 Å². The molecule has 0 spiro atoms. The summed E-state index contributed by atoms with van der Waals surface area (Å²) in [7, 11) is 0. The molecular weight excluding hydrogens is 222 g/mol. The van der Waals surface area contributed by atoms with Crippen molar-refractivity contribution in [1.29, 1.82) is 0 Å². The Morgan fingerprint density at radius 2 is 2.31 bits per heavy atom. The minimum Gasteiger partial charge on any atom is -0.381 e. The first-order valence-corrected chi connectivity index (χ1v) is 6.17. The zero-order chi connectivity index (χ0) is 11.5. The second kappa shape index (κ2) is 4.61. The van der Waals surface area contributed by atoms with Crippen molar-refractivity contribution in [3.63, 3.8) is 0 Å². The number of hydrogen-bond donors (Lipinski definition) is 1. The van der Waals surface area contributed by atoms with Crippen LogP contribution in [0, 0.1) is 6.92 Å². The summed E-state index contributed by atoms with van der Waals surface area (Å²) in [5.41, 5.74) is 7.80. The summed E-state index contributed by atoms with van der Waals surface area (Å²) in [6.07, 6.45) is 1.94. The number of nitrogens with two attached hydrogens (primary N) is 1. The summed E-state index contributed by atoms with van der Waals surface area (Å²) in [6, 6.07) is 0. The van der Waals surface area contributed by atoms with E-state index < -0.39 is 0 Å². The number of nitrogens with zero attached hydrogens (tertiary/aromatic N) is 4. The van der Waals surface area contributed by atoms with Crippen molar-refractivity contribution < 1.29 is 0 Å². The van der Waals surface area contributed by atoms with Crippen LogP contribution in [0.2, 0.25) is 0 Å². The largest absolute Gasteiger partial charge is 0.381 e. The Balaban J connectivity index is 2.20. The van der Waals surface area contributed by atoms with Crippen LogP contribution in [0.15, 0.2) is 5.38 Å². The molecule has 2 aromatic heterocycles. The predicted octanol–water partition coefficient (Wildman–Crippen LogP) is 1.63. The molecule has 2 aromatic rings. The molecule has 0 aromatic carbocycles. The predicted molar refractivity (Wildman–Crippen MR) is 64.4 cm³/mol. The van der Waals surface area contributed by atoms with Crippen molar-refractivity contribution in [1.82, 2.24) is 20.0 Å². The molecule has 0 aliphatic rings. The second-order valence-corrected chi connectivity index (χ2v) is 4.75. The number of thiazole rings is 1. The SMILES string of the molecule is CCCc1c(N)nnn1Cc1csc(C)n1. The quantitative estimate of drug-likeness (QED) is 0.877. The second-order valence-electron chi connectivity index (χ2n) is 3.69. The van der Waals surface area contributed by atoms with Gasteiger partial charge >= 0.3 is 0 Å². The normalized spacial score (nSPS) is 10.9. The fourth-order valence-electron chi connectivity index (χ4n) is 1.60. The number of anilines is 1. The maximum absolute atomic E-state index is 5.77.